The predicted octanol–water partition coefficient (Wildman–Crippen LogP) is 3.23. The second kappa shape index (κ2) is 14.5. The first-order chi connectivity index (χ1) is 10.5. The van der Waals surface area contributed by atoms with Gasteiger partial charge in [0.25, 0.3) is 0 Å². The van der Waals surface area contributed by atoms with E-state index in [1.165, 1.54) is 0 Å². The first-order valence-electron chi connectivity index (χ1n) is 7.53. The zero-order valence-electron chi connectivity index (χ0n) is 13.2. The van der Waals surface area contributed by atoms with E-state index in [-0.39, 0.29) is 12.3 Å². The van der Waals surface area contributed by atoms with Crippen molar-refractivity contribution in [3.05, 3.63) is 25.3 Å². The Morgan fingerprint density at radius 1 is 1.09 bits per heavy atom. The molecule has 0 aliphatic carbocycles. The highest BCUT2D eigenvalue weighted by Crippen LogP contribution is 2.35. The number of hydrogen-bond acceptors (Lipinski definition) is 4. The highest BCUT2D eigenvalue weighted by Gasteiger charge is 2.11. The molecule has 0 aliphatic heterocycles. The smallest absolute Gasteiger partial charge is 0.325 e. The third kappa shape index (κ3) is 16.3. The molecule has 0 saturated heterocycles. The van der Waals surface area contributed by atoms with Gasteiger partial charge in [0.2, 0.25) is 0 Å². The molecule has 0 aromatic heterocycles. The van der Waals surface area contributed by atoms with E-state index in [0.717, 1.165) is 30.8 Å². The van der Waals surface area contributed by atoms with Gasteiger partial charge in [-0.05, 0) is 18.6 Å². The van der Waals surface area contributed by atoms with Gasteiger partial charge in [-0.15, -0.1) is 13.2 Å². The summed E-state index contributed by atoms with van der Waals surface area (Å²) >= 11 is 1.81. The first kappa shape index (κ1) is 21.9. The van der Waals surface area contributed by atoms with Gasteiger partial charge in [-0.2, -0.15) is 11.8 Å². The largest absolute Gasteiger partial charge is 0.375 e. The maximum Gasteiger partial charge on any atom is 0.325 e. The number of hydrogen-bond donors (Lipinski definition) is 2. The molecule has 0 aromatic carbocycles. The van der Waals surface area contributed by atoms with E-state index >= 15 is 0 Å². The van der Waals surface area contributed by atoms with Crippen LogP contribution in [0.4, 0.5) is 0 Å². The average Bonchev–Trinajstić information content (AvgIpc) is 2.45. The minimum atomic E-state index is -3.82. The normalized spacial score (nSPS) is 13.0. The number of ether oxygens (including phenoxy) is 2. The van der Waals surface area contributed by atoms with Gasteiger partial charge >= 0.3 is 7.60 Å². The van der Waals surface area contributed by atoms with Crippen LogP contribution in [0.3, 0.4) is 0 Å². The Morgan fingerprint density at radius 2 is 1.77 bits per heavy atom. The molecule has 0 heterocycles. The van der Waals surface area contributed by atoms with Crippen LogP contribution in [0.25, 0.3) is 0 Å². The molecular formula is C15H29O5PS. The maximum absolute atomic E-state index is 10.7. The molecule has 0 rings (SSSR count). The molecular weight excluding hydrogens is 323 g/mol. The monoisotopic (exact) mass is 352 g/mol. The topological polar surface area (TPSA) is 76.0 Å². The molecule has 1 unspecified atom stereocenters. The minimum absolute atomic E-state index is 0.00173. The predicted molar refractivity (Wildman–Crippen MR) is 93.7 cm³/mol. The molecule has 0 aliphatic rings. The second-order valence-corrected chi connectivity index (χ2v) is 7.87. The Labute approximate surface area is 138 Å². The molecule has 0 fully saturated rings. The van der Waals surface area contributed by atoms with Crippen LogP contribution in [0.2, 0.25) is 0 Å². The first-order valence-corrected chi connectivity index (χ1v) is 10.5. The van der Waals surface area contributed by atoms with Gasteiger partial charge in [0, 0.05) is 11.9 Å². The summed E-state index contributed by atoms with van der Waals surface area (Å²) in [5.41, 5.74) is 0. The van der Waals surface area contributed by atoms with Crippen LogP contribution in [-0.2, 0) is 14.0 Å². The Hall–Kier alpha value is -0.100. The van der Waals surface area contributed by atoms with Gasteiger partial charge in [-0.3, -0.25) is 4.57 Å². The van der Waals surface area contributed by atoms with Crippen molar-refractivity contribution in [1.82, 2.24) is 0 Å². The standard InChI is InChI=1S/C15H29O5PS/c1-3-9-19-13-15(20-10-4-2)14-22-12-8-6-5-7-11-21(16,17)18/h3-4,15H,1-2,5-14H2,(H2,16,17,18). The van der Waals surface area contributed by atoms with E-state index < -0.39 is 7.60 Å². The highest BCUT2D eigenvalue weighted by atomic mass is 32.2. The van der Waals surface area contributed by atoms with Crippen molar-refractivity contribution >= 4 is 19.4 Å². The van der Waals surface area contributed by atoms with Gasteiger partial charge in [0.1, 0.15) is 0 Å². The fraction of sp³-hybridized carbons (Fsp3) is 0.733. The van der Waals surface area contributed by atoms with E-state index in [0.29, 0.717) is 26.2 Å². The third-order valence-corrected chi connectivity index (χ3v) is 4.86. The Balaban J connectivity index is 3.59. The molecule has 22 heavy (non-hydrogen) atoms. The summed E-state index contributed by atoms with van der Waals surface area (Å²) in [5, 5.41) is 0. The fourth-order valence-electron chi connectivity index (χ4n) is 1.72. The van der Waals surface area contributed by atoms with Crippen LogP contribution in [0.15, 0.2) is 25.3 Å². The van der Waals surface area contributed by atoms with E-state index in [9.17, 15) is 4.57 Å². The quantitative estimate of drug-likeness (QED) is 0.252. The number of thioether (sulfide) groups is 1. The van der Waals surface area contributed by atoms with Crippen molar-refractivity contribution in [1.29, 1.82) is 0 Å². The molecule has 0 amide bonds. The summed E-state index contributed by atoms with van der Waals surface area (Å²) in [7, 11) is -3.82. The third-order valence-electron chi connectivity index (χ3n) is 2.78. The lowest BCUT2D eigenvalue weighted by atomic mass is 10.2. The van der Waals surface area contributed by atoms with Crippen molar-refractivity contribution in [3.63, 3.8) is 0 Å². The summed E-state index contributed by atoms with van der Waals surface area (Å²) < 4.78 is 21.7. The van der Waals surface area contributed by atoms with Crippen LogP contribution in [0.1, 0.15) is 25.7 Å². The van der Waals surface area contributed by atoms with Crippen molar-refractivity contribution < 1.29 is 23.8 Å². The lowest BCUT2D eigenvalue weighted by Crippen LogP contribution is -2.23. The number of unbranched alkanes of at least 4 members (excludes halogenated alkanes) is 3. The molecule has 0 bridgehead atoms. The highest BCUT2D eigenvalue weighted by molar-refractivity contribution is 7.99. The summed E-state index contributed by atoms with van der Waals surface area (Å²) in [6.45, 7) is 8.85. The fourth-order valence-corrected chi connectivity index (χ4v) is 3.39. The van der Waals surface area contributed by atoms with Crippen LogP contribution in [-0.4, -0.2) is 53.4 Å². The van der Waals surface area contributed by atoms with Crippen LogP contribution in [0, 0.1) is 0 Å². The van der Waals surface area contributed by atoms with Gasteiger partial charge in [-0.1, -0.05) is 25.0 Å². The SMILES string of the molecule is C=CCOCC(CSCCCCCCP(=O)(O)O)OCC=C. The van der Waals surface area contributed by atoms with Crippen molar-refractivity contribution in [3.8, 4) is 0 Å². The molecule has 130 valence electrons. The lowest BCUT2D eigenvalue weighted by Gasteiger charge is -2.16. The van der Waals surface area contributed by atoms with Crippen LogP contribution in [0.5, 0.6) is 0 Å². The summed E-state index contributed by atoms with van der Waals surface area (Å²) in [4.78, 5) is 17.5. The zero-order chi connectivity index (χ0) is 16.7. The summed E-state index contributed by atoms with van der Waals surface area (Å²) in [6, 6.07) is 0. The Kier molecular flexibility index (Phi) is 14.4. The molecule has 0 radical (unpaired) electrons. The van der Waals surface area contributed by atoms with E-state index in [1.54, 1.807) is 12.2 Å². The molecule has 0 aromatic rings. The Bertz CT molecular complexity index is 332. The van der Waals surface area contributed by atoms with E-state index in [4.69, 9.17) is 19.3 Å². The van der Waals surface area contributed by atoms with Crippen molar-refractivity contribution in [2.75, 3.05) is 37.5 Å². The molecule has 1 atom stereocenters. The molecule has 0 saturated carbocycles. The van der Waals surface area contributed by atoms with Gasteiger partial charge in [0.15, 0.2) is 0 Å². The minimum Gasteiger partial charge on any atom is -0.375 e. The number of rotatable bonds is 16. The molecule has 5 nitrogen and oxygen atoms in total. The van der Waals surface area contributed by atoms with Gasteiger partial charge < -0.3 is 19.3 Å². The summed E-state index contributed by atoms with van der Waals surface area (Å²) in [5.74, 6) is 1.89. The lowest BCUT2D eigenvalue weighted by molar-refractivity contribution is 0.0156. The maximum atomic E-state index is 10.7. The van der Waals surface area contributed by atoms with Crippen LogP contribution < -0.4 is 0 Å². The molecule has 7 heteroatoms. The van der Waals surface area contributed by atoms with Gasteiger partial charge in [-0.25, -0.2) is 0 Å². The van der Waals surface area contributed by atoms with E-state index in [2.05, 4.69) is 13.2 Å². The average molecular weight is 352 g/mol. The molecule has 0 spiro atoms. The molecule has 2 N–H and O–H groups in total. The van der Waals surface area contributed by atoms with Crippen molar-refractivity contribution in [2.45, 2.75) is 31.8 Å². The van der Waals surface area contributed by atoms with E-state index in [1.807, 2.05) is 11.8 Å². The van der Waals surface area contributed by atoms with Crippen molar-refractivity contribution in [2.24, 2.45) is 0 Å². The van der Waals surface area contributed by atoms with Gasteiger partial charge in [0.05, 0.1) is 25.9 Å². The zero-order valence-corrected chi connectivity index (χ0v) is 14.9. The Morgan fingerprint density at radius 3 is 2.41 bits per heavy atom. The van der Waals surface area contributed by atoms with Crippen LogP contribution >= 0.6 is 19.4 Å². The second-order valence-electron chi connectivity index (χ2n) is 4.95. The summed E-state index contributed by atoms with van der Waals surface area (Å²) in [6.07, 6.45) is 7.00.